The zero-order chi connectivity index (χ0) is 12.1. The van der Waals surface area contributed by atoms with E-state index in [4.69, 9.17) is 5.11 Å². The van der Waals surface area contributed by atoms with Crippen LogP contribution in [0.1, 0.15) is 0 Å². The Kier molecular flexibility index (Phi) is 4.84. The molecule has 1 N–H and O–H groups in total. The van der Waals surface area contributed by atoms with E-state index >= 15 is 0 Å². The Morgan fingerprint density at radius 2 is 1.75 bits per heavy atom. The number of carboxylic acid groups (broad SMARTS) is 1. The Hall–Kier alpha value is -0.990. The number of imide groups is 1. The predicted molar refractivity (Wildman–Crippen MR) is 67.4 cm³/mol. The molecule has 1 aromatic rings. The van der Waals surface area contributed by atoms with E-state index in [2.05, 4.69) is 25.6 Å². The van der Waals surface area contributed by atoms with Crippen LogP contribution in [0.15, 0.2) is 35.2 Å². The molecule has 86 valence electrons. The molecule has 16 heavy (non-hydrogen) atoms. The number of rotatable bonds is 2. The van der Waals surface area contributed by atoms with Crippen molar-refractivity contribution >= 4 is 49.7 Å². The molecule has 0 spiro atoms. The van der Waals surface area contributed by atoms with E-state index in [9.17, 15) is 9.59 Å². The first-order valence-corrected chi connectivity index (χ1v) is 5.57. The van der Waals surface area contributed by atoms with Gasteiger partial charge in [-0.25, -0.2) is 13.3 Å². The Bertz CT molecular complexity index is 385. The standard InChI is InChI=1S/C8H8N2O3S3/c11-7(10(14)15)9(8(12)13)16-6-4-2-1-3-5-6/h1-5,14-15H,(H,12,13). The van der Waals surface area contributed by atoms with Crippen LogP contribution in [0.5, 0.6) is 0 Å². The molecule has 0 saturated carbocycles. The molecule has 8 heteroatoms. The summed E-state index contributed by atoms with van der Waals surface area (Å²) in [7, 11) is 0. The van der Waals surface area contributed by atoms with Crippen molar-refractivity contribution in [2.24, 2.45) is 0 Å². The Morgan fingerprint density at radius 3 is 2.19 bits per heavy atom. The van der Waals surface area contributed by atoms with Gasteiger partial charge in [0.1, 0.15) is 0 Å². The minimum Gasteiger partial charge on any atom is -0.464 e. The Balaban J connectivity index is 2.81. The second kappa shape index (κ2) is 5.92. The van der Waals surface area contributed by atoms with Crippen LogP contribution in [-0.2, 0) is 0 Å². The third-order valence-electron chi connectivity index (χ3n) is 1.46. The number of benzene rings is 1. The maximum Gasteiger partial charge on any atom is 0.426 e. The Morgan fingerprint density at radius 1 is 1.19 bits per heavy atom. The molecule has 0 unspecified atom stereocenters. The maximum atomic E-state index is 11.4. The summed E-state index contributed by atoms with van der Waals surface area (Å²) in [6, 6.07) is 7.80. The first-order chi connectivity index (χ1) is 7.52. The molecule has 0 aliphatic carbocycles. The van der Waals surface area contributed by atoms with E-state index in [-0.39, 0.29) is 0 Å². The highest BCUT2D eigenvalue weighted by atomic mass is 32.2. The van der Waals surface area contributed by atoms with Crippen LogP contribution < -0.4 is 0 Å². The molecule has 0 atom stereocenters. The largest absolute Gasteiger partial charge is 0.464 e. The summed E-state index contributed by atoms with van der Waals surface area (Å²) >= 11 is 8.02. The molecule has 0 bridgehead atoms. The fraction of sp³-hybridized carbons (Fsp3) is 0. The molecular formula is C8H8N2O3S3. The third kappa shape index (κ3) is 3.54. The van der Waals surface area contributed by atoms with Gasteiger partial charge in [-0.15, -0.1) is 0 Å². The molecular weight excluding hydrogens is 268 g/mol. The summed E-state index contributed by atoms with van der Waals surface area (Å²) in [5, 5.41) is 8.84. The number of amides is 3. The van der Waals surface area contributed by atoms with Gasteiger partial charge >= 0.3 is 12.1 Å². The average molecular weight is 276 g/mol. The number of hydrogen-bond acceptors (Lipinski definition) is 5. The number of urea groups is 1. The highest BCUT2D eigenvalue weighted by Crippen LogP contribution is 2.24. The normalized spacial score (nSPS) is 9.62. The minimum absolute atomic E-state index is 0.537. The van der Waals surface area contributed by atoms with Crippen LogP contribution >= 0.6 is 37.6 Å². The Labute approximate surface area is 108 Å². The average Bonchev–Trinajstić information content (AvgIpc) is 2.26. The van der Waals surface area contributed by atoms with Gasteiger partial charge in [0.15, 0.2) is 0 Å². The van der Waals surface area contributed by atoms with Crippen LogP contribution in [0.2, 0.25) is 0 Å². The second-order valence-corrected chi connectivity index (χ2v) is 4.69. The lowest BCUT2D eigenvalue weighted by Crippen LogP contribution is -2.33. The zero-order valence-electron chi connectivity index (χ0n) is 7.85. The number of thiol groups is 2. The minimum atomic E-state index is -1.38. The number of hydrogen-bond donors (Lipinski definition) is 3. The van der Waals surface area contributed by atoms with E-state index in [1.165, 1.54) is 0 Å². The van der Waals surface area contributed by atoms with Crippen molar-refractivity contribution in [2.45, 2.75) is 4.90 Å². The molecule has 0 heterocycles. The first-order valence-electron chi connectivity index (χ1n) is 4.00. The third-order valence-corrected chi connectivity index (χ3v) is 2.78. The topological polar surface area (TPSA) is 60.9 Å². The summed E-state index contributed by atoms with van der Waals surface area (Å²) in [5.41, 5.74) is 0. The summed E-state index contributed by atoms with van der Waals surface area (Å²) in [6.07, 6.45) is -1.38. The molecule has 0 aromatic heterocycles. The second-order valence-electron chi connectivity index (χ2n) is 2.55. The van der Waals surface area contributed by atoms with Gasteiger partial charge in [-0.2, -0.15) is 4.31 Å². The van der Waals surface area contributed by atoms with Crippen molar-refractivity contribution in [3.63, 3.8) is 0 Å². The van der Waals surface area contributed by atoms with Crippen LogP contribution in [0, 0.1) is 0 Å². The quantitative estimate of drug-likeness (QED) is 0.574. The fourth-order valence-electron chi connectivity index (χ4n) is 0.828. The van der Waals surface area contributed by atoms with Crippen molar-refractivity contribution in [3.05, 3.63) is 30.3 Å². The monoisotopic (exact) mass is 276 g/mol. The van der Waals surface area contributed by atoms with Gasteiger partial charge in [-0.1, -0.05) is 43.8 Å². The molecule has 1 rings (SSSR count). The highest BCUT2D eigenvalue weighted by Gasteiger charge is 2.25. The molecule has 0 radical (unpaired) electrons. The number of nitrogens with zero attached hydrogens (tertiary/aromatic N) is 2. The predicted octanol–water partition coefficient (Wildman–Crippen LogP) is 2.79. The van der Waals surface area contributed by atoms with Crippen molar-refractivity contribution in [1.82, 2.24) is 8.02 Å². The van der Waals surface area contributed by atoms with Crippen molar-refractivity contribution in [2.75, 3.05) is 0 Å². The van der Waals surface area contributed by atoms with E-state index in [0.29, 0.717) is 12.9 Å². The highest BCUT2D eigenvalue weighted by molar-refractivity contribution is 7.98. The van der Waals surface area contributed by atoms with Gasteiger partial charge in [-0.05, 0) is 12.1 Å². The maximum absolute atomic E-state index is 11.4. The molecule has 0 aliphatic heterocycles. The van der Waals surface area contributed by atoms with E-state index in [0.717, 1.165) is 11.9 Å². The van der Waals surface area contributed by atoms with Gasteiger partial charge < -0.3 is 5.11 Å². The van der Waals surface area contributed by atoms with Gasteiger partial charge in [0, 0.05) is 16.8 Å². The van der Waals surface area contributed by atoms with Gasteiger partial charge in [0.2, 0.25) is 0 Å². The summed E-state index contributed by atoms with van der Waals surface area (Å²) < 4.78 is 1.14. The summed E-state index contributed by atoms with van der Waals surface area (Å²) in [4.78, 5) is 22.9. The van der Waals surface area contributed by atoms with Gasteiger partial charge in [0.25, 0.3) is 0 Å². The van der Waals surface area contributed by atoms with Crippen molar-refractivity contribution < 1.29 is 14.7 Å². The molecule has 0 saturated heterocycles. The number of carbonyl (C=O) groups is 2. The molecule has 0 fully saturated rings. The molecule has 0 aliphatic rings. The lowest BCUT2D eigenvalue weighted by molar-refractivity contribution is 0.172. The van der Waals surface area contributed by atoms with Crippen LogP contribution in [0.4, 0.5) is 9.59 Å². The molecule has 1 aromatic carbocycles. The van der Waals surface area contributed by atoms with Gasteiger partial charge in [0.05, 0.1) is 0 Å². The van der Waals surface area contributed by atoms with Crippen LogP contribution in [0.3, 0.4) is 0 Å². The van der Waals surface area contributed by atoms with E-state index in [1.54, 1.807) is 30.3 Å². The summed E-state index contributed by atoms with van der Waals surface area (Å²) in [5.74, 6) is 0. The van der Waals surface area contributed by atoms with Crippen LogP contribution in [0.25, 0.3) is 0 Å². The van der Waals surface area contributed by atoms with E-state index in [1.807, 2.05) is 0 Å². The number of carbonyl (C=O) groups excluding carboxylic acids is 1. The molecule has 5 nitrogen and oxygen atoms in total. The van der Waals surface area contributed by atoms with E-state index < -0.39 is 12.1 Å². The van der Waals surface area contributed by atoms with Crippen molar-refractivity contribution in [1.29, 1.82) is 0 Å². The first kappa shape index (κ1) is 13.1. The lowest BCUT2D eigenvalue weighted by atomic mass is 10.4. The smallest absolute Gasteiger partial charge is 0.426 e. The molecule has 3 amide bonds. The summed E-state index contributed by atoms with van der Waals surface area (Å²) in [6.45, 7) is 0. The SMILES string of the molecule is O=C(O)N(Sc1ccccc1)C(=O)N(S)S. The zero-order valence-corrected chi connectivity index (χ0v) is 10.5. The van der Waals surface area contributed by atoms with Gasteiger partial charge in [-0.3, -0.25) is 0 Å². The van der Waals surface area contributed by atoms with Crippen LogP contribution in [-0.4, -0.2) is 25.2 Å². The fourth-order valence-corrected chi connectivity index (χ4v) is 1.86. The lowest BCUT2D eigenvalue weighted by Gasteiger charge is -2.18. The van der Waals surface area contributed by atoms with Crippen molar-refractivity contribution in [3.8, 4) is 0 Å².